The Morgan fingerprint density at radius 2 is 1.75 bits per heavy atom. The van der Waals surface area contributed by atoms with Crippen LogP contribution < -0.4 is 0 Å². The molecule has 0 spiro atoms. The van der Waals surface area contributed by atoms with E-state index in [9.17, 15) is 9.18 Å². The Morgan fingerprint density at radius 3 is 2.54 bits per heavy atom. The number of fused-ring (bicyclic) bond motifs is 1. The molecule has 2 aliphatic heterocycles. The molecule has 1 unspecified atom stereocenters. The minimum Gasteiger partial charge on any atom is -0.333 e. The lowest BCUT2D eigenvalue weighted by atomic mass is 9.85. The first-order valence-corrected chi connectivity index (χ1v) is 10.6. The minimum absolute atomic E-state index is 0.0674. The van der Waals surface area contributed by atoms with Crippen LogP contribution in [0.25, 0.3) is 11.1 Å². The van der Waals surface area contributed by atoms with Crippen LogP contribution in [-0.2, 0) is 12.8 Å². The normalized spacial score (nSPS) is 22.8. The fourth-order valence-electron chi connectivity index (χ4n) is 4.94. The number of hydrogen-bond donors (Lipinski definition) is 0. The highest BCUT2D eigenvalue weighted by Gasteiger charge is 2.31. The standard InChI is InChI=1S/C24H27FN2O/c25-22-15-27(16-22)24(28)21-5-3-4-17(13-21)18-6-7-20-14-23(9-8-19(20)12-18)26-10-1-2-11-26/h3-7,12-13,22-23H,1-2,8-11,14-16H2. The third-order valence-electron chi connectivity index (χ3n) is 6.63. The number of halogens is 1. The molecule has 1 atom stereocenters. The second kappa shape index (κ2) is 7.32. The third kappa shape index (κ3) is 3.35. The fraction of sp³-hybridized carbons (Fsp3) is 0.458. The lowest BCUT2D eigenvalue weighted by Crippen LogP contribution is -2.51. The van der Waals surface area contributed by atoms with Crippen molar-refractivity contribution in [2.45, 2.75) is 44.3 Å². The Labute approximate surface area is 166 Å². The number of carbonyl (C=O) groups excluding carboxylic acids is 1. The van der Waals surface area contributed by atoms with Gasteiger partial charge in [0.15, 0.2) is 0 Å². The molecule has 1 amide bonds. The maximum atomic E-state index is 13.1. The van der Waals surface area contributed by atoms with E-state index in [1.165, 1.54) is 49.0 Å². The van der Waals surface area contributed by atoms with Gasteiger partial charge >= 0.3 is 0 Å². The molecule has 146 valence electrons. The maximum Gasteiger partial charge on any atom is 0.254 e. The summed E-state index contributed by atoms with van der Waals surface area (Å²) in [4.78, 5) is 16.8. The topological polar surface area (TPSA) is 23.6 Å². The van der Waals surface area contributed by atoms with Crippen molar-refractivity contribution in [3.05, 3.63) is 59.2 Å². The van der Waals surface area contributed by atoms with Crippen LogP contribution in [0.2, 0.25) is 0 Å². The zero-order chi connectivity index (χ0) is 19.1. The van der Waals surface area contributed by atoms with E-state index in [2.05, 4.69) is 29.2 Å². The molecule has 3 aliphatic rings. The van der Waals surface area contributed by atoms with Crippen LogP contribution in [0.3, 0.4) is 0 Å². The molecule has 2 saturated heterocycles. The van der Waals surface area contributed by atoms with Gasteiger partial charge in [0.1, 0.15) is 6.17 Å². The Kier molecular flexibility index (Phi) is 4.67. The molecule has 0 radical (unpaired) electrons. The highest BCUT2D eigenvalue weighted by molar-refractivity contribution is 5.96. The molecule has 28 heavy (non-hydrogen) atoms. The molecule has 3 nitrogen and oxygen atoms in total. The summed E-state index contributed by atoms with van der Waals surface area (Å²) >= 11 is 0. The summed E-state index contributed by atoms with van der Waals surface area (Å²) in [6.07, 6.45) is 5.37. The average molecular weight is 378 g/mol. The van der Waals surface area contributed by atoms with Crippen molar-refractivity contribution in [1.82, 2.24) is 9.80 Å². The summed E-state index contributed by atoms with van der Waals surface area (Å²) in [5.74, 6) is -0.0674. The van der Waals surface area contributed by atoms with Gasteiger partial charge in [0.2, 0.25) is 0 Å². The van der Waals surface area contributed by atoms with E-state index in [-0.39, 0.29) is 19.0 Å². The molecule has 4 heteroatoms. The number of amides is 1. The number of likely N-dealkylation sites (tertiary alicyclic amines) is 2. The summed E-state index contributed by atoms with van der Waals surface area (Å²) < 4.78 is 13.1. The van der Waals surface area contributed by atoms with E-state index in [1.54, 1.807) is 4.90 Å². The highest BCUT2D eigenvalue weighted by atomic mass is 19.1. The van der Waals surface area contributed by atoms with Crippen molar-refractivity contribution in [2.24, 2.45) is 0 Å². The Balaban J connectivity index is 1.35. The van der Waals surface area contributed by atoms with E-state index >= 15 is 0 Å². The molecular formula is C24H27FN2O. The number of alkyl halides is 1. The summed E-state index contributed by atoms with van der Waals surface area (Å²) in [7, 11) is 0. The van der Waals surface area contributed by atoms with Crippen LogP contribution in [-0.4, -0.2) is 54.1 Å². The average Bonchev–Trinajstić information content (AvgIpc) is 3.25. The van der Waals surface area contributed by atoms with E-state index in [1.807, 2.05) is 18.2 Å². The smallest absolute Gasteiger partial charge is 0.254 e. The number of benzene rings is 2. The van der Waals surface area contributed by atoms with E-state index < -0.39 is 6.17 Å². The van der Waals surface area contributed by atoms with E-state index in [4.69, 9.17) is 0 Å². The van der Waals surface area contributed by atoms with Gasteiger partial charge in [-0.05, 0) is 79.6 Å². The third-order valence-corrected chi connectivity index (χ3v) is 6.63. The van der Waals surface area contributed by atoms with Crippen LogP contribution in [0.15, 0.2) is 42.5 Å². The van der Waals surface area contributed by atoms with E-state index in [0.717, 1.165) is 18.4 Å². The summed E-state index contributed by atoms with van der Waals surface area (Å²) in [6.45, 7) is 2.97. The SMILES string of the molecule is O=C(c1cccc(-c2ccc3c(c2)CCC(N2CCCC2)C3)c1)N1CC(F)C1. The van der Waals surface area contributed by atoms with Gasteiger partial charge in [-0.2, -0.15) is 0 Å². The van der Waals surface area contributed by atoms with E-state index in [0.29, 0.717) is 11.6 Å². The van der Waals surface area contributed by atoms with Gasteiger partial charge in [0.05, 0.1) is 13.1 Å². The number of rotatable bonds is 3. The first-order chi connectivity index (χ1) is 13.7. The number of carbonyl (C=O) groups is 1. The predicted octanol–water partition coefficient (Wildman–Crippen LogP) is 4.10. The highest BCUT2D eigenvalue weighted by Crippen LogP contribution is 2.31. The Hall–Kier alpha value is -2.20. The predicted molar refractivity (Wildman–Crippen MR) is 109 cm³/mol. The zero-order valence-corrected chi connectivity index (χ0v) is 16.2. The van der Waals surface area contributed by atoms with Gasteiger partial charge in [-0.25, -0.2) is 4.39 Å². The molecule has 2 aromatic carbocycles. The van der Waals surface area contributed by atoms with Gasteiger partial charge in [-0.15, -0.1) is 0 Å². The van der Waals surface area contributed by atoms with Crippen molar-refractivity contribution in [3.8, 4) is 11.1 Å². The first kappa shape index (κ1) is 17.9. The maximum absolute atomic E-state index is 13.1. The Morgan fingerprint density at radius 1 is 0.964 bits per heavy atom. The molecule has 2 fully saturated rings. The molecular weight excluding hydrogens is 351 g/mol. The van der Waals surface area contributed by atoms with Crippen molar-refractivity contribution in [3.63, 3.8) is 0 Å². The summed E-state index contributed by atoms with van der Waals surface area (Å²) in [5.41, 5.74) is 5.81. The van der Waals surface area contributed by atoms with Gasteiger partial charge in [0.25, 0.3) is 5.91 Å². The van der Waals surface area contributed by atoms with Crippen LogP contribution in [0.4, 0.5) is 4.39 Å². The van der Waals surface area contributed by atoms with Crippen LogP contribution in [0.1, 0.15) is 40.7 Å². The largest absolute Gasteiger partial charge is 0.333 e. The Bertz CT molecular complexity index is 884. The second-order valence-electron chi connectivity index (χ2n) is 8.51. The first-order valence-electron chi connectivity index (χ1n) is 10.6. The van der Waals surface area contributed by atoms with Crippen molar-refractivity contribution in [1.29, 1.82) is 0 Å². The van der Waals surface area contributed by atoms with Gasteiger partial charge in [-0.3, -0.25) is 4.79 Å². The van der Waals surface area contributed by atoms with Crippen LogP contribution >= 0.6 is 0 Å². The number of hydrogen-bond acceptors (Lipinski definition) is 2. The van der Waals surface area contributed by atoms with Crippen molar-refractivity contribution >= 4 is 5.91 Å². The molecule has 0 saturated carbocycles. The van der Waals surface area contributed by atoms with Gasteiger partial charge in [0, 0.05) is 11.6 Å². The second-order valence-corrected chi connectivity index (χ2v) is 8.51. The quantitative estimate of drug-likeness (QED) is 0.803. The monoisotopic (exact) mass is 378 g/mol. The van der Waals surface area contributed by atoms with Crippen LogP contribution in [0, 0.1) is 0 Å². The molecule has 1 aliphatic carbocycles. The van der Waals surface area contributed by atoms with Gasteiger partial charge < -0.3 is 9.80 Å². The number of aryl methyl sites for hydroxylation is 1. The lowest BCUT2D eigenvalue weighted by Gasteiger charge is -2.34. The molecule has 5 rings (SSSR count). The molecule has 0 aromatic heterocycles. The van der Waals surface area contributed by atoms with Crippen LogP contribution in [0.5, 0.6) is 0 Å². The zero-order valence-electron chi connectivity index (χ0n) is 16.2. The molecule has 0 bridgehead atoms. The fourth-order valence-corrected chi connectivity index (χ4v) is 4.94. The molecule has 0 N–H and O–H groups in total. The minimum atomic E-state index is -0.864. The summed E-state index contributed by atoms with van der Waals surface area (Å²) in [5, 5.41) is 0. The molecule has 2 heterocycles. The lowest BCUT2D eigenvalue weighted by molar-refractivity contribution is 0.0400. The van der Waals surface area contributed by atoms with Crippen molar-refractivity contribution in [2.75, 3.05) is 26.2 Å². The number of nitrogens with zero attached hydrogens (tertiary/aromatic N) is 2. The summed E-state index contributed by atoms with van der Waals surface area (Å²) in [6, 6.07) is 15.3. The molecule has 2 aromatic rings. The van der Waals surface area contributed by atoms with Gasteiger partial charge in [-0.1, -0.05) is 30.3 Å². The van der Waals surface area contributed by atoms with Crippen molar-refractivity contribution < 1.29 is 9.18 Å².